The number of hydrogen-bond acceptors (Lipinski definition) is 10. The molecule has 3 heterocycles. The van der Waals surface area contributed by atoms with E-state index < -0.39 is 10.0 Å². The minimum Gasteiger partial charge on any atom is -0.379 e. The van der Waals surface area contributed by atoms with Crippen molar-refractivity contribution in [3.05, 3.63) is 48.5 Å². The highest BCUT2D eigenvalue weighted by Gasteiger charge is 2.18. The van der Waals surface area contributed by atoms with Crippen molar-refractivity contribution in [1.29, 1.82) is 0 Å². The third-order valence-corrected chi connectivity index (χ3v) is 8.01. The van der Waals surface area contributed by atoms with Crippen LogP contribution < -0.4 is 15.8 Å². The number of nitrogens with one attached hydrogen (secondary N) is 2. The standard InChI is InChI=1S/C22H26N8O3S2/c23-20-27-21(30(28-20)22-26-18-7-1-2-8-19(18)34-22)25-16-5-3-6-17(15-16)35(31,32)24-9-4-10-29-11-13-33-14-12-29/h1-3,5-8,15,24H,4,9-14H2,(H3,23,25,27,28). The topological polar surface area (TPSA) is 140 Å². The van der Waals surface area contributed by atoms with Crippen molar-refractivity contribution in [1.82, 2.24) is 29.4 Å². The Balaban J connectivity index is 1.28. The molecule has 0 radical (unpaired) electrons. The molecule has 35 heavy (non-hydrogen) atoms. The summed E-state index contributed by atoms with van der Waals surface area (Å²) in [6, 6.07) is 14.3. The molecule has 0 bridgehead atoms. The zero-order chi connectivity index (χ0) is 24.3. The number of benzene rings is 2. The number of hydrogen-bond donors (Lipinski definition) is 3. The summed E-state index contributed by atoms with van der Waals surface area (Å²) in [6.45, 7) is 4.41. The summed E-state index contributed by atoms with van der Waals surface area (Å²) < 4.78 is 36.2. The number of sulfonamides is 1. The van der Waals surface area contributed by atoms with Crippen LogP contribution in [-0.2, 0) is 14.8 Å². The summed E-state index contributed by atoms with van der Waals surface area (Å²) in [6.07, 6.45) is 0.724. The molecular formula is C22H26N8O3S2. The number of anilines is 3. The minimum absolute atomic E-state index is 0.0810. The maximum Gasteiger partial charge on any atom is 0.241 e. The summed E-state index contributed by atoms with van der Waals surface area (Å²) in [7, 11) is -3.66. The zero-order valence-electron chi connectivity index (χ0n) is 18.9. The molecule has 4 aromatic rings. The molecule has 1 aliphatic heterocycles. The van der Waals surface area contributed by atoms with Crippen LogP contribution in [0.25, 0.3) is 15.3 Å². The fourth-order valence-corrected chi connectivity index (χ4v) is 5.82. The summed E-state index contributed by atoms with van der Waals surface area (Å²) in [4.78, 5) is 11.3. The predicted octanol–water partition coefficient (Wildman–Crippen LogP) is 2.20. The molecule has 184 valence electrons. The molecule has 0 saturated carbocycles. The molecule has 1 aliphatic rings. The molecule has 0 spiro atoms. The first-order valence-electron chi connectivity index (χ1n) is 11.2. The Kier molecular flexibility index (Phi) is 6.92. The highest BCUT2D eigenvalue weighted by molar-refractivity contribution is 7.89. The lowest BCUT2D eigenvalue weighted by Crippen LogP contribution is -2.38. The number of fused-ring (bicyclic) bond motifs is 1. The van der Waals surface area contributed by atoms with Crippen LogP contribution in [0.2, 0.25) is 0 Å². The Morgan fingerprint density at radius 1 is 1.09 bits per heavy atom. The van der Waals surface area contributed by atoms with Crippen LogP contribution in [0.5, 0.6) is 0 Å². The molecule has 0 aliphatic carbocycles. The van der Waals surface area contributed by atoms with E-state index in [0.717, 1.165) is 49.5 Å². The van der Waals surface area contributed by atoms with E-state index in [2.05, 4.69) is 30.0 Å². The van der Waals surface area contributed by atoms with Crippen LogP contribution in [0.4, 0.5) is 17.6 Å². The molecule has 11 nitrogen and oxygen atoms in total. The van der Waals surface area contributed by atoms with Gasteiger partial charge in [-0.2, -0.15) is 9.67 Å². The van der Waals surface area contributed by atoms with Gasteiger partial charge >= 0.3 is 0 Å². The Hall–Kier alpha value is -3.10. The number of ether oxygens (including phenoxy) is 1. The van der Waals surface area contributed by atoms with E-state index in [1.54, 1.807) is 24.3 Å². The van der Waals surface area contributed by atoms with E-state index in [4.69, 9.17) is 10.5 Å². The molecule has 0 atom stereocenters. The summed E-state index contributed by atoms with van der Waals surface area (Å²) in [5, 5.41) is 7.98. The van der Waals surface area contributed by atoms with E-state index in [9.17, 15) is 8.42 Å². The third-order valence-electron chi connectivity index (χ3n) is 5.53. The van der Waals surface area contributed by atoms with Crippen LogP contribution in [0, 0.1) is 0 Å². The second-order valence-electron chi connectivity index (χ2n) is 8.03. The molecule has 5 rings (SSSR count). The summed E-state index contributed by atoms with van der Waals surface area (Å²) >= 11 is 1.45. The van der Waals surface area contributed by atoms with Gasteiger partial charge in [-0.25, -0.2) is 18.1 Å². The third kappa shape index (κ3) is 5.60. The van der Waals surface area contributed by atoms with Gasteiger partial charge in [0, 0.05) is 25.3 Å². The first kappa shape index (κ1) is 23.6. The van der Waals surface area contributed by atoms with Crippen LogP contribution in [0.1, 0.15) is 6.42 Å². The maximum absolute atomic E-state index is 12.8. The fourth-order valence-electron chi connectivity index (χ4n) is 3.78. The van der Waals surface area contributed by atoms with Gasteiger partial charge in [-0.3, -0.25) is 4.90 Å². The molecule has 0 amide bonds. The Morgan fingerprint density at radius 2 is 1.91 bits per heavy atom. The lowest BCUT2D eigenvalue weighted by Gasteiger charge is -2.26. The average Bonchev–Trinajstić information content (AvgIpc) is 3.45. The van der Waals surface area contributed by atoms with Crippen LogP contribution in [0.3, 0.4) is 0 Å². The monoisotopic (exact) mass is 514 g/mol. The number of nitrogen functional groups attached to an aromatic ring is 1. The lowest BCUT2D eigenvalue weighted by atomic mass is 10.3. The first-order valence-corrected chi connectivity index (χ1v) is 13.5. The average molecular weight is 515 g/mol. The van der Waals surface area contributed by atoms with Crippen LogP contribution in [0.15, 0.2) is 53.4 Å². The van der Waals surface area contributed by atoms with Gasteiger partial charge in [0.25, 0.3) is 0 Å². The number of nitrogens with two attached hydrogens (primary N) is 1. The van der Waals surface area contributed by atoms with E-state index in [1.165, 1.54) is 16.0 Å². The van der Waals surface area contributed by atoms with E-state index >= 15 is 0 Å². The van der Waals surface area contributed by atoms with E-state index in [-0.39, 0.29) is 10.8 Å². The fraction of sp³-hybridized carbons (Fsp3) is 0.318. The largest absolute Gasteiger partial charge is 0.379 e. The summed E-state index contributed by atoms with van der Waals surface area (Å²) in [5.41, 5.74) is 7.25. The van der Waals surface area contributed by atoms with Crippen molar-refractivity contribution in [2.24, 2.45) is 0 Å². The molecular weight excluding hydrogens is 488 g/mol. The number of nitrogens with zero attached hydrogens (tertiary/aromatic N) is 5. The number of aromatic nitrogens is 4. The SMILES string of the molecule is Nc1nc(Nc2cccc(S(=O)(=O)NCCCN3CCOCC3)c2)n(-c2nc3ccccc3s2)n1. The van der Waals surface area contributed by atoms with Gasteiger partial charge in [-0.1, -0.05) is 29.5 Å². The van der Waals surface area contributed by atoms with Gasteiger partial charge in [0.15, 0.2) is 0 Å². The van der Waals surface area contributed by atoms with Gasteiger partial charge in [0.1, 0.15) is 0 Å². The van der Waals surface area contributed by atoms with Crippen molar-refractivity contribution < 1.29 is 13.2 Å². The molecule has 0 unspecified atom stereocenters. The second kappa shape index (κ2) is 10.3. The Labute approximate surface area is 207 Å². The molecule has 2 aromatic carbocycles. The number of para-hydroxylation sites is 1. The Morgan fingerprint density at radius 3 is 2.74 bits per heavy atom. The molecule has 1 fully saturated rings. The normalized spacial score (nSPS) is 15.0. The predicted molar refractivity (Wildman–Crippen MR) is 136 cm³/mol. The number of morpholine rings is 1. The van der Waals surface area contributed by atoms with Gasteiger partial charge in [0.05, 0.1) is 28.3 Å². The minimum atomic E-state index is -3.66. The highest BCUT2D eigenvalue weighted by atomic mass is 32.2. The molecule has 1 saturated heterocycles. The summed E-state index contributed by atoms with van der Waals surface area (Å²) in [5.74, 6) is 0.423. The molecule has 4 N–H and O–H groups in total. The molecule has 13 heteroatoms. The van der Waals surface area contributed by atoms with Gasteiger partial charge in [-0.05, 0) is 43.3 Å². The van der Waals surface area contributed by atoms with Crippen molar-refractivity contribution in [2.75, 3.05) is 50.4 Å². The van der Waals surface area contributed by atoms with E-state index in [0.29, 0.717) is 23.3 Å². The van der Waals surface area contributed by atoms with Gasteiger partial charge in [-0.15, -0.1) is 5.10 Å². The van der Waals surface area contributed by atoms with Crippen LogP contribution in [-0.4, -0.2) is 72.5 Å². The first-order chi connectivity index (χ1) is 17.0. The second-order valence-corrected chi connectivity index (χ2v) is 10.8. The van der Waals surface area contributed by atoms with Gasteiger partial charge < -0.3 is 15.8 Å². The van der Waals surface area contributed by atoms with Crippen molar-refractivity contribution >= 4 is 49.2 Å². The van der Waals surface area contributed by atoms with Crippen LogP contribution >= 0.6 is 11.3 Å². The quantitative estimate of drug-likeness (QED) is 0.287. The smallest absolute Gasteiger partial charge is 0.241 e. The number of rotatable bonds is 9. The lowest BCUT2D eigenvalue weighted by molar-refractivity contribution is 0.0376. The van der Waals surface area contributed by atoms with E-state index in [1.807, 2.05) is 24.3 Å². The highest BCUT2D eigenvalue weighted by Crippen LogP contribution is 2.28. The van der Waals surface area contributed by atoms with Crippen molar-refractivity contribution in [3.8, 4) is 5.13 Å². The van der Waals surface area contributed by atoms with Gasteiger partial charge in [0.2, 0.25) is 27.1 Å². The maximum atomic E-state index is 12.8. The number of thiazole rings is 1. The zero-order valence-corrected chi connectivity index (χ0v) is 20.6. The Bertz CT molecular complexity index is 1380. The van der Waals surface area contributed by atoms with Crippen molar-refractivity contribution in [3.63, 3.8) is 0 Å². The van der Waals surface area contributed by atoms with Crippen molar-refractivity contribution in [2.45, 2.75) is 11.3 Å². The molecule has 2 aromatic heterocycles.